The lowest BCUT2D eigenvalue weighted by molar-refractivity contribution is 0.459. The van der Waals surface area contributed by atoms with Gasteiger partial charge in [0.25, 0.3) is 0 Å². The third-order valence-electron chi connectivity index (χ3n) is 4.18. The maximum atomic E-state index is 6.43. The molecular formula is C16H26ClN3. The molecule has 2 rings (SSSR count). The van der Waals surface area contributed by atoms with E-state index in [2.05, 4.69) is 35.1 Å². The molecule has 1 atom stereocenters. The second kappa shape index (κ2) is 7.84. The van der Waals surface area contributed by atoms with Gasteiger partial charge in [0.05, 0.1) is 5.02 Å². The SMILES string of the molecule is CCNCc1cnc(N2CCCC(CC)CC2)c(Cl)c1. The summed E-state index contributed by atoms with van der Waals surface area (Å²) in [6.45, 7) is 8.35. The van der Waals surface area contributed by atoms with Crippen molar-refractivity contribution in [2.45, 2.75) is 46.1 Å². The van der Waals surface area contributed by atoms with E-state index >= 15 is 0 Å². The van der Waals surface area contributed by atoms with E-state index in [9.17, 15) is 0 Å². The molecular weight excluding hydrogens is 270 g/mol. The van der Waals surface area contributed by atoms with Gasteiger partial charge in [-0.1, -0.05) is 31.9 Å². The molecule has 0 radical (unpaired) electrons. The molecule has 1 N–H and O–H groups in total. The molecule has 3 nitrogen and oxygen atoms in total. The molecule has 4 heteroatoms. The first-order valence-corrected chi connectivity index (χ1v) is 8.22. The molecule has 0 spiro atoms. The molecule has 112 valence electrons. The van der Waals surface area contributed by atoms with E-state index in [4.69, 9.17) is 11.6 Å². The minimum Gasteiger partial charge on any atom is -0.355 e. The Bertz CT molecular complexity index is 422. The summed E-state index contributed by atoms with van der Waals surface area (Å²) in [5.41, 5.74) is 1.15. The van der Waals surface area contributed by atoms with Crippen molar-refractivity contribution in [2.24, 2.45) is 5.92 Å². The van der Waals surface area contributed by atoms with Crippen molar-refractivity contribution in [2.75, 3.05) is 24.5 Å². The van der Waals surface area contributed by atoms with Gasteiger partial charge in [0.15, 0.2) is 0 Å². The zero-order chi connectivity index (χ0) is 14.4. The molecule has 20 heavy (non-hydrogen) atoms. The van der Waals surface area contributed by atoms with Gasteiger partial charge in [0.1, 0.15) is 5.82 Å². The largest absolute Gasteiger partial charge is 0.355 e. The highest BCUT2D eigenvalue weighted by molar-refractivity contribution is 6.33. The minimum absolute atomic E-state index is 0.787. The molecule has 0 aliphatic carbocycles. The number of anilines is 1. The van der Waals surface area contributed by atoms with Gasteiger partial charge in [0, 0.05) is 25.8 Å². The van der Waals surface area contributed by atoms with Crippen LogP contribution in [-0.2, 0) is 6.54 Å². The first-order chi connectivity index (χ1) is 9.74. The fraction of sp³-hybridized carbons (Fsp3) is 0.688. The highest BCUT2D eigenvalue weighted by Crippen LogP contribution is 2.28. The van der Waals surface area contributed by atoms with E-state index in [0.29, 0.717) is 0 Å². The van der Waals surface area contributed by atoms with Crippen molar-refractivity contribution in [3.05, 3.63) is 22.8 Å². The highest BCUT2D eigenvalue weighted by atomic mass is 35.5. The summed E-state index contributed by atoms with van der Waals surface area (Å²) < 4.78 is 0. The van der Waals surface area contributed by atoms with Gasteiger partial charge in [0.2, 0.25) is 0 Å². The van der Waals surface area contributed by atoms with Crippen LogP contribution < -0.4 is 10.2 Å². The van der Waals surface area contributed by atoms with Crippen molar-refractivity contribution in [1.29, 1.82) is 0 Å². The second-order valence-corrected chi connectivity index (χ2v) is 6.03. The smallest absolute Gasteiger partial charge is 0.147 e. The van der Waals surface area contributed by atoms with E-state index in [1.807, 2.05) is 6.20 Å². The Kier molecular flexibility index (Phi) is 6.11. The Balaban J connectivity index is 2.04. The highest BCUT2D eigenvalue weighted by Gasteiger charge is 2.18. The summed E-state index contributed by atoms with van der Waals surface area (Å²) >= 11 is 6.43. The van der Waals surface area contributed by atoms with Crippen molar-refractivity contribution >= 4 is 17.4 Å². The van der Waals surface area contributed by atoms with Crippen molar-refractivity contribution in [1.82, 2.24) is 10.3 Å². The van der Waals surface area contributed by atoms with E-state index in [0.717, 1.165) is 48.5 Å². The van der Waals surface area contributed by atoms with E-state index in [-0.39, 0.29) is 0 Å². The van der Waals surface area contributed by atoms with Gasteiger partial charge < -0.3 is 10.2 Å². The molecule has 1 aromatic rings. The van der Waals surface area contributed by atoms with Gasteiger partial charge in [-0.2, -0.15) is 0 Å². The molecule has 1 aliphatic rings. The number of aromatic nitrogens is 1. The van der Waals surface area contributed by atoms with Crippen LogP contribution in [0.4, 0.5) is 5.82 Å². The maximum Gasteiger partial charge on any atom is 0.147 e. The van der Waals surface area contributed by atoms with Crippen molar-refractivity contribution in [3.8, 4) is 0 Å². The van der Waals surface area contributed by atoms with Crippen LogP contribution in [0.3, 0.4) is 0 Å². The molecule has 0 bridgehead atoms. The average molecular weight is 296 g/mol. The number of hydrogen-bond donors (Lipinski definition) is 1. The summed E-state index contributed by atoms with van der Waals surface area (Å²) in [5.74, 6) is 1.83. The van der Waals surface area contributed by atoms with Crippen LogP contribution in [-0.4, -0.2) is 24.6 Å². The van der Waals surface area contributed by atoms with Crippen LogP contribution in [0, 0.1) is 5.92 Å². The third kappa shape index (κ3) is 4.10. The normalized spacial score (nSPS) is 19.9. The fourth-order valence-electron chi connectivity index (χ4n) is 2.85. The van der Waals surface area contributed by atoms with Crippen LogP contribution >= 0.6 is 11.6 Å². The van der Waals surface area contributed by atoms with Crippen molar-refractivity contribution < 1.29 is 0 Å². The molecule has 1 fully saturated rings. The molecule has 2 heterocycles. The van der Waals surface area contributed by atoms with E-state index in [1.165, 1.54) is 25.7 Å². The Morgan fingerprint density at radius 1 is 1.35 bits per heavy atom. The van der Waals surface area contributed by atoms with Gasteiger partial charge in [-0.05, 0) is 43.4 Å². The van der Waals surface area contributed by atoms with E-state index in [1.54, 1.807) is 0 Å². The Labute approximate surface area is 127 Å². The van der Waals surface area contributed by atoms with Gasteiger partial charge >= 0.3 is 0 Å². The summed E-state index contributed by atoms with van der Waals surface area (Å²) in [4.78, 5) is 6.96. The first-order valence-electron chi connectivity index (χ1n) is 7.84. The molecule has 0 aromatic carbocycles. The van der Waals surface area contributed by atoms with Crippen LogP contribution in [0.2, 0.25) is 5.02 Å². The molecule has 1 aromatic heterocycles. The summed E-state index contributed by atoms with van der Waals surface area (Å²) in [6, 6.07) is 2.05. The van der Waals surface area contributed by atoms with Gasteiger partial charge in [-0.3, -0.25) is 0 Å². The lowest BCUT2D eigenvalue weighted by atomic mass is 9.98. The van der Waals surface area contributed by atoms with Crippen LogP contribution in [0.1, 0.15) is 45.1 Å². The number of halogens is 1. The lowest BCUT2D eigenvalue weighted by Crippen LogP contribution is -2.25. The molecule has 0 amide bonds. The fourth-order valence-corrected chi connectivity index (χ4v) is 3.16. The van der Waals surface area contributed by atoms with Gasteiger partial charge in [-0.15, -0.1) is 0 Å². The zero-order valence-electron chi connectivity index (χ0n) is 12.7. The van der Waals surface area contributed by atoms with Crippen LogP contribution in [0.15, 0.2) is 12.3 Å². The molecule has 1 saturated heterocycles. The topological polar surface area (TPSA) is 28.2 Å². The average Bonchev–Trinajstić information content (AvgIpc) is 2.70. The van der Waals surface area contributed by atoms with Crippen molar-refractivity contribution in [3.63, 3.8) is 0 Å². The molecule has 1 aliphatic heterocycles. The molecule has 1 unspecified atom stereocenters. The summed E-state index contributed by atoms with van der Waals surface area (Å²) in [5, 5.41) is 4.09. The number of pyridine rings is 1. The van der Waals surface area contributed by atoms with E-state index < -0.39 is 0 Å². The van der Waals surface area contributed by atoms with Gasteiger partial charge in [-0.25, -0.2) is 4.98 Å². The summed E-state index contributed by atoms with van der Waals surface area (Å²) in [6.07, 6.45) is 7.08. The standard InChI is InChI=1S/C16H26ClN3/c1-3-13-6-5-8-20(9-7-13)16-15(17)10-14(12-19-16)11-18-4-2/h10,12-13,18H,3-9,11H2,1-2H3. The number of rotatable bonds is 5. The lowest BCUT2D eigenvalue weighted by Gasteiger charge is -2.23. The second-order valence-electron chi connectivity index (χ2n) is 5.62. The molecule has 0 saturated carbocycles. The minimum atomic E-state index is 0.787. The Morgan fingerprint density at radius 3 is 2.90 bits per heavy atom. The predicted molar refractivity (Wildman–Crippen MR) is 86.5 cm³/mol. The predicted octanol–water partition coefficient (Wildman–Crippen LogP) is 3.86. The third-order valence-corrected chi connectivity index (χ3v) is 4.46. The Hall–Kier alpha value is -0.800. The zero-order valence-corrected chi connectivity index (χ0v) is 13.4. The number of hydrogen-bond acceptors (Lipinski definition) is 3. The first kappa shape index (κ1) is 15.6. The van der Waals surface area contributed by atoms with Crippen LogP contribution in [0.5, 0.6) is 0 Å². The maximum absolute atomic E-state index is 6.43. The van der Waals surface area contributed by atoms with Crippen LogP contribution in [0.25, 0.3) is 0 Å². The summed E-state index contributed by atoms with van der Waals surface area (Å²) in [7, 11) is 0. The number of nitrogens with one attached hydrogen (secondary N) is 1. The number of nitrogens with zero attached hydrogens (tertiary/aromatic N) is 2. The quantitative estimate of drug-likeness (QED) is 0.894. The Morgan fingerprint density at radius 2 is 2.20 bits per heavy atom. The monoisotopic (exact) mass is 295 g/mol.